The molecule has 0 radical (unpaired) electrons. The van der Waals surface area contributed by atoms with Gasteiger partial charge in [-0.25, -0.2) is 9.18 Å². The molecular weight excluding hydrogens is 406 g/mol. The van der Waals surface area contributed by atoms with Crippen molar-refractivity contribution in [2.45, 2.75) is 70.0 Å². The summed E-state index contributed by atoms with van der Waals surface area (Å²) < 4.78 is 45.4. The Bertz CT molecular complexity index is 770. The first-order chi connectivity index (χ1) is 14.2. The van der Waals surface area contributed by atoms with Gasteiger partial charge in [-0.3, -0.25) is 0 Å². The summed E-state index contributed by atoms with van der Waals surface area (Å²) >= 11 is 0. The van der Waals surface area contributed by atoms with Crippen molar-refractivity contribution >= 4 is 14.5 Å². The Morgan fingerprint density at radius 1 is 1.00 bits per heavy atom. The van der Waals surface area contributed by atoms with Gasteiger partial charge in [-0.1, -0.05) is 6.07 Å². The SMILES string of the molecule is C[Si](C)(C)OC(=O)OCCCOc1ccc(C23CC4CC(CC(C4)C2)C3)c(F)c1F. The number of ether oxygens (including phenoxy) is 2. The maximum absolute atomic E-state index is 15.1. The van der Waals surface area contributed by atoms with E-state index >= 15 is 4.39 Å². The first-order valence-corrected chi connectivity index (χ1v) is 14.5. The monoisotopic (exact) mass is 438 g/mol. The van der Waals surface area contributed by atoms with Crippen molar-refractivity contribution in [3.05, 3.63) is 29.3 Å². The molecular formula is C23H32F2O4Si. The highest BCUT2D eigenvalue weighted by molar-refractivity contribution is 6.71. The van der Waals surface area contributed by atoms with Crippen LogP contribution in [0.2, 0.25) is 19.6 Å². The minimum atomic E-state index is -1.98. The molecule has 0 N–H and O–H groups in total. The third kappa shape index (κ3) is 4.51. The van der Waals surface area contributed by atoms with Gasteiger partial charge in [-0.2, -0.15) is 4.39 Å². The zero-order valence-corrected chi connectivity index (χ0v) is 19.1. The average Bonchev–Trinajstić information content (AvgIpc) is 2.62. The van der Waals surface area contributed by atoms with Gasteiger partial charge in [0.05, 0.1) is 13.2 Å². The lowest BCUT2D eigenvalue weighted by Gasteiger charge is -2.57. The zero-order valence-electron chi connectivity index (χ0n) is 18.1. The first kappa shape index (κ1) is 21.6. The highest BCUT2D eigenvalue weighted by atomic mass is 28.4. The van der Waals surface area contributed by atoms with Gasteiger partial charge in [0.1, 0.15) is 0 Å². The third-order valence-electron chi connectivity index (χ3n) is 6.81. The lowest BCUT2D eigenvalue weighted by atomic mass is 9.48. The number of hydrogen-bond acceptors (Lipinski definition) is 4. The van der Waals surface area contributed by atoms with E-state index in [0.717, 1.165) is 19.3 Å². The van der Waals surface area contributed by atoms with E-state index in [1.807, 2.05) is 19.6 Å². The average molecular weight is 439 g/mol. The molecule has 4 aliphatic carbocycles. The molecule has 30 heavy (non-hydrogen) atoms. The van der Waals surface area contributed by atoms with Gasteiger partial charge in [0, 0.05) is 6.42 Å². The molecule has 0 spiro atoms. The summed E-state index contributed by atoms with van der Waals surface area (Å²) in [7, 11) is -1.98. The second-order valence-electron chi connectivity index (χ2n) is 10.5. The Balaban J connectivity index is 1.33. The molecule has 0 aliphatic heterocycles. The third-order valence-corrected chi connectivity index (χ3v) is 7.59. The molecule has 4 bridgehead atoms. The summed E-state index contributed by atoms with van der Waals surface area (Å²) in [6.07, 6.45) is 6.43. The predicted octanol–water partition coefficient (Wildman–Crippen LogP) is 6.19. The maximum atomic E-state index is 15.1. The number of rotatable bonds is 7. The Kier molecular flexibility index (Phi) is 5.85. The Morgan fingerprint density at radius 2 is 1.60 bits per heavy atom. The largest absolute Gasteiger partial charge is 0.494 e. The van der Waals surface area contributed by atoms with E-state index in [0.29, 0.717) is 29.7 Å². The van der Waals surface area contributed by atoms with E-state index in [-0.39, 0.29) is 24.4 Å². The molecule has 4 nitrogen and oxygen atoms in total. The summed E-state index contributed by atoms with van der Waals surface area (Å²) in [5.41, 5.74) is 0.354. The zero-order chi connectivity index (χ0) is 21.5. The molecule has 0 aromatic heterocycles. The predicted molar refractivity (Wildman–Crippen MR) is 112 cm³/mol. The summed E-state index contributed by atoms with van der Waals surface area (Å²) in [5, 5.41) is 0. The molecule has 7 heteroatoms. The van der Waals surface area contributed by atoms with Gasteiger partial charge in [-0.05, 0) is 93.0 Å². The van der Waals surface area contributed by atoms with E-state index in [1.165, 1.54) is 19.3 Å². The van der Waals surface area contributed by atoms with Crippen LogP contribution >= 0.6 is 0 Å². The molecule has 1 aromatic rings. The molecule has 4 saturated carbocycles. The van der Waals surface area contributed by atoms with Crippen molar-refractivity contribution in [1.29, 1.82) is 0 Å². The standard InChI is InChI=1S/C23H32F2O4Si/c1-30(2,3)29-22(26)28-8-4-7-27-19-6-5-18(20(24)21(19)25)23-12-15-9-16(13-23)11-17(10-15)14-23/h5-6,15-17H,4,7-14H2,1-3H3. The first-order valence-electron chi connectivity index (χ1n) is 11.1. The fourth-order valence-electron chi connectivity index (χ4n) is 6.17. The Morgan fingerprint density at radius 3 is 2.17 bits per heavy atom. The van der Waals surface area contributed by atoms with Crippen molar-refractivity contribution in [1.82, 2.24) is 0 Å². The van der Waals surface area contributed by atoms with E-state index in [2.05, 4.69) is 0 Å². The van der Waals surface area contributed by atoms with E-state index in [1.54, 1.807) is 12.1 Å². The number of benzene rings is 1. The molecule has 1 aromatic carbocycles. The van der Waals surface area contributed by atoms with Gasteiger partial charge >= 0.3 is 6.16 Å². The molecule has 4 aliphatic rings. The van der Waals surface area contributed by atoms with Crippen molar-refractivity contribution in [3.8, 4) is 5.75 Å². The maximum Gasteiger partial charge on any atom is 0.494 e. The number of carbonyl (C=O) groups is 1. The van der Waals surface area contributed by atoms with Gasteiger partial charge < -0.3 is 13.9 Å². The van der Waals surface area contributed by atoms with Crippen LogP contribution in [-0.4, -0.2) is 27.7 Å². The number of halogens is 2. The summed E-state index contributed by atoms with van der Waals surface area (Å²) in [4.78, 5) is 11.5. The van der Waals surface area contributed by atoms with Gasteiger partial charge in [0.15, 0.2) is 11.6 Å². The van der Waals surface area contributed by atoms with Crippen molar-refractivity contribution in [2.24, 2.45) is 17.8 Å². The number of hydrogen-bond donors (Lipinski definition) is 0. The Labute approximate surface area is 178 Å². The van der Waals surface area contributed by atoms with Gasteiger partial charge in [0.25, 0.3) is 8.32 Å². The van der Waals surface area contributed by atoms with Crippen LogP contribution in [0, 0.1) is 29.4 Å². The van der Waals surface area contributed by atoms with Crippen molar-refractivity contribution < 1.29 is 27.5 Å². The minimum absolute atomic E-state index is 0.0781. The summed E-state index contributed by atoms with van der Waals surface area (Å²) in [6, 6.07) is 3.30. The fraction of sp³-hybridized carbons (Fsp3) is 0.696. The van der Waals surface area contributed by atoms with Crippen LogP contribution in [0.4, 0.5) is 13.6 Å². The van der Waals surface area contributed by atoms with Gasteiger partial charge in [0.2, 0.25) is 5.82 Å². The Hall–Kier alpha value is -1.63. The molecule has 0 saturated heterocycles. The molecule has 5 rings (SSSR count). The topological polar surface area (TPSA) is 44.8 Å². The van der Waals surface area contributed by atoms with Crippen LogP contribution in [0.25, 0.3) is 0 Å². The highest BCUT2D eigenvalue weighted by Gasteiger charge is 2.52. The summed E-state index contributed by atoms with van der Waals surface area (Å²) in [6.45, 7) is 5.91. The quantitative estimate of drug-likeness (QED) is 0.289. The van der Waals surface area contributed by atoms with Crippen LogP contribution in [0.5, 0.6) is 5.75 Å². The second-order valence-corrected chi connectivity index (χ2v) is 14.9. The van der Waals surface area contributed by atoms with E-state index in [9.17, 15) is 9.18 Å². The van der Waals surface area contributed by atoms with Crippen LogP contribution in [-0.2, 0) is 14.6 Å². The molecule has 0 amide bonds. The fourth-order valence-corrected chi connectivity index (χ4v) is 6.73. The van der Waals surface area contributed by atoms with Crippen molar-refractivity contribution in [2.75, 3.05) is 13.2 Å². The lowest BCUT2D eigenvalue weighted by molar-refractivity contribution is -0.00708. The summed E-state index contributed by atoms with van der Waals surface area (Å²) in [5.74, 6) is 0.282. The number of carbonyl (C=O) groups excluding carboxylic acids is 1. The van der Waals surface area contributed by atoms with Crippen LogP contribution in [0.1, 0.15) is 50.5 Å². The highest BCUT2D eigenvalue weighted by Crippen LogP contribution is 2.61. The molecule has 0 heterocycles. The second kappa shape index (κ2) is 8.13. The molecule has 0 atom stereocenters. The van der Waals surface area contributed by atoms with Crippen LogP contribution in [0.3, 0.4) is 0 Å². The molecule has 0 unspecified atom stereocenters. The normalized spacial score (nSPS) is 29.7. The van der Waals surface area contributed by atoms with Gasteiger partial charge in [-0.15, -0.1) is 0 Å². The molecule has 166 valence electrons. The minimum Gasteiger partial charge on any atom is -0.490 e. The van der Waals surface area contributed by atoms with Crippen LogP contribution < -0.4 is 4.74 Å². The smallest absolute Gasteiger partial charge is 0.490 e. The lowest BCUT2D eigenvalue weighted by Crippen LogP contribution is -2.49. The van der Waals surface area contributed by atoms with Crippen molar-refractivity contribution in [3.63, 3.8) is 0 Å². The van der Waals surface area contributed by atoms with E-state index < -0.39 is 26.1 Å². The van der Waals surface area contributed by atoms with Crippen LogP contribution in [0.15, 0.2) is 12.1 Å². The molecule has 4 fully saturated rings. The van der Waals surface area contributed by atoms with E-state index in [4.69, 9.17) is 13.9 Å².